The third-order valence-corrected chi connectivity index (χ3v) is 3.22. The first-order chi connectivity index (χ1) is 10.5. The Kier molecular flexibility index (Phi) is 3.21. The normalized spacial score (nSPS) is 11.0. The van der Waals surface area contributed by atoms with Crippen molar-refractivity contribution in [1.82, 2.24) is 19.6 Å². The van der Waals surface area contributed by atoms with Gasteiger partial charge in [-0.3, -0.25) is 9.59 Å². The molecule has 22 heavy (non-hydrogen) atoms. The number of hydrogen-bond donors (Lipinski definition) is 1. The van der Waals surface area contributed by atoms with Gasteiger partial charge in [-0.2, -0.15) is 10.2 Å². The summed E-state index contributed by atoms with van der Waals surface area (Å²) in [5, 5.41) is 17.5. The molecule has 2 aromatic heterocycles. The molecule has 2 heterocycles. The maximum atomic E-state index is 13.0. The second-order valence-electron chi connectivity index (χ2n) is 4.74. The second kappa shape index (κ2) is 5.06. The fraction of sp³-hybridized carbons (Fsp3) is 0.143. The summed E-state index contributed by atoms with van der Waals surface area (Å²) in [7, 11) is 0. The summed E-state index contributed by atoms with van der Waals surface area (Å²) in [6.07, 6.45) is 1.48. The molecular weight excluding hydrogens is 291 g/mol. The average Bonchev–Trinajstić information content (AvgIpc) is 2.90. The zero-order chi connectivity index (χ0) is 15.9. The van der Waals surface area contributed by atoms with Gasteiger partial charge in [0.05, 0.1) is 17.6 Å². The van der Waals surface area contributed by atoms with Crippen molar-refractivity contribution in [2.45, 2.75) is 13.5 Å². The number of aryl methyl sites for hydroxylation is 1. The molecular formula is C14H11FN4O3. The molecule has 0 aliphatic heterocycles. The second-order valence-corrected chi connectivity index (χ2v) is 4.74. The number of fused-ring (bicyclic) bond motifs is 1. The molecule has 0 aliphatic carbocycles. The van der Waals surface area contributed by atoms with Gasteiger partial charge in [-0.05, 0) is 31.2 Å². The summed E-state index contributed by atoms with van der Waals surface area (Å²) in [5.74, 6) is -1.57. The van der Waals surface area contributed by atoms with Crippen LogP contribution in [0.3, 0.4) is 0 Å². The van der Waals surface area contributed by atoms with Crippen LogP contribution in [0, 0.1) is 12.7 Å². The van der Waals surface area contributed by atoms with Gasteiger partial charge in [-0.15, -0.1) is 0 Å². The van der Waals surface area contributed by atoms with E-state index < -0.39 is 23.9 Å². The molecule has 0 aliphatic rings. The Morgan fingerprint density at radius 2 is 2.00 bits per heavy atom. The summed E-state index contributed by atoms with van der Waals surface area (Å²) >= 11 is 0. The van der Waals surface area contributed by atoms with E-state index in [0.717, 1.165) is 4.68 Å². The number of carboxylic acids is 1. The first-order valence-electron chi connectivity index (χ1n) is 6.40. The number of rotatable bonds is 3. The summed E-state index contributed by atoms with van der Waals surface area (Å²) < 4.78 is 15.3. The van der Waals surface area contributed by atoms with Crippen molar-refractivity contribution in [2.75, 3.05) is 0 Å². The molecule has 3 rings (SSSR count). The lowest BCUT2D eigenvalue weighted by molar-refractivity contribution is -0.138. The standard InChI is InChI=1S/C14H11FN4O3/c1-8-11-6-16-19(10-4-2-9(15)3-5-10)13(11)14(22)18(17-8)7-12(20)21/h2-6H,7H2,1H3,(H,20,21). The Bertz CT molecular complexity index is 928. The Balaban J connectivity index is 2.29. The van der Waals surface area contributed by atoms with Crippen LogP contribution in [0.5, 0.6) is 0 Å². The Morgan fingerprint density at radius 3 is 2.64 bits per heavy atom. The Morgan fingerprint density at radius 1 is 1.32 bits per heavy atom. The van der Waals surface area contributed by atoms with Crippen LogP contribution < -0.4 is 5.56 Å². The molecule has 112 valence electrons. The van der Waals surface area contributed by atoms with Gasteiger partial charge in [0.25, 0.3) is 5.56 Å². The predicted octanol–water partition coefficient (Wildman–Crippen LogP) is 1.11. The molecule has 0 spiro atoms. The van der Waals surface area contributed by atoms with E-state index >= 15 is 0 Å². The van der Waals surface area contributed by atoms with Crippen LogP contribution in [0.15, 0.2) is 35.3 Å². The maximum Gasteiger partial charge on any atom is 0.325 e. The third-order valence-electron chi connectivity index (χ3n) is 3.22. The highest BCUT2D eigenvalue weighted by molar-refractivity contribution is 5.81. The zero-order valence-electron chi connectivity index (χ0n) is 11.5. The zero-order valence-corrected chi connectivity index (χ0v) is 11.5. The highest BCUT2D eigenvalue weighted by atomic mass is 19.1. The lowest BCUT2D eigenvalue weighted by atomic mass is 10.2. The van der Waals surface area contributed by atoms with Gasteiger partial charge in [-0.25, -0.2) is 13.8 Å². The van der Waals surface area contributed by atoms with E-state index in [2.05, 4.69) is 10.2 Å². The number of carboxylic acid groups (broad SMARTS) is 1. The molecule has 0 fully saturated rings. The van der Waals surface area contributed by atoms with E-state index in [0.29, 0.717) is 16.8 Å². The van der Waals surface area contributed by atoms with Crippen molar-refractivity contribution in [2.24, 2.45) is 0 Å². The van der Waals surface area contributed by atoms with Crippen molar-refractivity contribution in [1.29, 1.82) is 0 Å². The van der Waals surface area contributed by atoms with E-state index in [9.17, 15) is 14.0 Å². The van der Waals surface area contributed by atoms with Gasteiger partial charge in [-0.1, -0.05) is 0 Å². The van der Waals surface area contributed by atoms with Crippen LogP contribution in [0.4, 0.5) is 4.39 Å². The summed E-state index contributed by atoms with van der Waals surface area (Å²) in [6.45, 7) is 1.13. The van der Waals surface area contributed by atoms with Crippen molar-refractivity contribution in [3.05, 3.63) is 52.3 Å². The molecule has 0 saturated heterocycles. The summed E-state index contributed by atoms with van der Waals surface area (Å²) in [5.41, 5.74) is 0.635. The van der Waals surface area contributed by atoms with Crippen molar-refractivity contribution < 1.29 is 14.3 Å². The molecule has 0 bridgehead atoms. The molecule has 3 aromatic rings. The molecule has 0 unspecified atom stereocenters. The van der Waals surface area contributed by atoms with Gasteiger partial charge in [0.1, 0.15) is 17.9 Å². The van der Waals surface area contributed by atoms with E-state index in [-0.39, 0.29) is 5.52 Å². The third kappa shape index (κ3) is 2.24. The van der Waals surface area contributed by atoms with Gasteiger partial charge in [0.2, 0.25) is 0 Å². The smallest absolute Gasteiger partial charge is 0.325 e. The molecule has 1 N–H and O–H groups in total. The monoisotopic (exact) mass is 302 g/mol. The number of carbonyl (C=O) groups is 1. The Labute approximate surface area is 123 Å². The molecule has 7 nitrogen and oxygen atoms in total. The first-order valence-corrected chi connectivity index (χ1v) is 6.40. The van der Waals surface area contributed by atoms with Crippen LogP contribution in [-0.2, 0) is 11.3 Å². The molecule has 0 amide bonds. The van der Waals surface area contributed by atoms with Crippen molar-refractivity contribution in [3.8, 4) is 5.69 Å². The lowest BCUT2D eigenvalue weighted by Gasteiger charge is -2.06. The Hall–Kier alpha value is -3.03. The summed E-state index contributed by atoms with van der Waals surface area (Å²) in [6, 6.07) is 5.48. The minimum absolute atomic E-state index is 0.209. The van der Waals surface area contributed by atoms with Gasteiger partial charge < -0.3 is 5.11 Å². The summed E-state index contributed by atoms with van der Waals surface area (Å²) in [4.78, 5) is 23.3. The number of benzene rings is 1. The number of nitrogens with zero attached hydrogens (tertiary/aromatic N) is 4. The number of halogens is 1. The number of aromatic nitrogens is 4. The van der Waals surface area contributed by atoms with Crippen LogP contribution in [-0.4, -0.2) is 30.6 Å². The maximum absolute atomic E-state index is 13.0. The average molecular weight is 302 g/mol. The minimum Gasteiger partial charge on any atom is -0.480 e. The van der Waals surface area contributed by atoms with Crippen molar-refractivity contribution >= 4 is 16.9 Å². The quantitative estimate of drug-likeness (QED) is 0.783. The molecule has 0 saturated carbocycles. The van der Waals surface area contributed by atoms with Crippen LogP contribution >= 0.6 is 0 Å². The van der Waals surface area contributed by atoms with Crippen molar-refractivity contribution in [3.63, 3.8) is 0 Å². The van der Waals surface area contributed by atoms with E-state index in [1.807, 2.05) is 0 Å². The van der Waals surface area contributed by atoms with Gasteiger partial charge >= 0.3 is 5.97 Å². The fourth-order valence-corrected chi connectivity index (χ4v) is 2.23. The van der Waals surface area contributed by atoms with Crippen LogP contribution in [0.25, 0.3) is 16.6 Å². The van der Waals surface area contributed by atoms with Gasteiger partial charge in [0.15, 0.2) is 0 Å². The van der Waals surface area contributed by atoms with E-state index in [1.165, 1.54) is 35.1 Å². The highest BCUT2D eigenvalue weighted by Gasteiger charge is 2.16. The topological polar surface area (TPSA) is 90.0 Å². The fourth-order valence-electron chi connectivity index (χ4n) is 2.23. The predicted molar refractivity (Wildman–Crippen MR) is 75.5 cm³/mol. The molecule has 0 atom stereocenters. The van der Waals surface area contributed by atoms with Gasteiger partial charge in [0, 0.05) is 5.39 Å². The number of aliphatic carboxylic acids is 1. The minimum atomic E-state index is -1.17. The molecule has 8 heteroatoms. The lowest BCUT2D eigenvalue weighted by Crippen LogP contribution is -2.28. The first kappa shape index (κ1) is 13.9. The molecule has 1 aromatic carbocycles. The highest BCUT2D eigenvalue weighted by Crippen LogP contribution is 2.17. The van der Waals surface area contributed by atoms with E-state index in [1.54, 1.807) is 6.92 Å². The van der Waals surface area contributed by atoms with E-state index in [4.69, 9.17) is 5.11 Å². The SMILES string of the molecule is Cc1nn(CC(=O)O)c(=O)c2c1cnn2-c1ccc(F)cc1. The largest absolute Gasteiger partial charge is 0.480 e. The molecule has 0 radical (unpaired) electrons. The van der Waals surface area contributed by atoms with Crippen LogP contribution in [0.2, 0.25) is 0 Å². The van der Waals surface area contributed by atoms with Crippen LogP contribution in [0.1, 0.15) is 5.69 Å². The number of hydrogen-bond acceptors (Lipinski definition) is 4.